The van der Waals surface area contributed by atoms with Gasteiger partial charge in [-0.2, -0.15) is 13.2 Å². The highest BCUT2D eigenvalue weighted by molar-refractivity contribution is 14.1. The zero-order valence-electron chi connectivity index (χ0n) is 10.5. The van der Waals surface area contributed by atoms with E-state index in [9.17, 15) is 18.0 Å². The Hall–Kier alpha value is -1.77. The van der Waals surface area contributed by atoms with E-state index < -0.39 is 17.6 Å². The van der Waals surface area contributed by atoms with E-state index in [2.05, 4.69) is 5.32 Å². The minimum absolute atomic E-state index is 0.0189. The molecule has 0 bridgehead atoms. The molecule has 0 aliphatic rings. The van der Waals surface area contributed by atoms with Crippen molar-refractivity contribution in [1.29, 1.82) is 0 Å². The lowest BCUT2D eigenvalue weighted by atomic mass is 10.1. The Kier molecular flexibility index (Phi) is 4.40. The minimum atomic E-state index is -4.59. The minimum Gasteiger partial charge on any atom is -0.399 e. The van der Waals surface area contributed by atoms with Gasteiger partial charge in [0, 0.05) is 14.8 Å². The van der Waals surface area contributed by atoms with Crippen LogP contribution in [-0.4, -0.2) is 5.91 Å². The topological polar surface area (TPSA) is 55.1 Å². The summed E-state index contributed by atoms with van der Waals surface area (Å²) in [4.78, 5) is 12.0. The van der Waals surface area contributed by atoms with E-state index in [-0.39, 0.29) is 16.9 Å². The summed E-state index contributed by atoms with van der Waals surface area (Å²) in [5.41, 5.74) is 4.35. The zero-order valence-corrected chi connectivity index (χ0v) is 12.7. The van der Waals surface area contributed by atoms with Crippen molar-refractivity contribution in [3.05, 3.63) is 57.2 Å². The number of carbonyl (C=O) groups excluding carboxylic acids is 1. The molecule has 110 valence electrons. The number of nitrogen functional groups attached to an aromatic ring is 1. The van der Waals surface area contributed by atoms with Gasteiger partial charge in [0.1, 0.15) is 0 Å². The average Bonchev–Trinajstić information content (AvgIpc) is 2.39. The number of anilines is 2. The normalized spacial score (nSPS) is 11.2. The molecule has 0 aliphatic carbocycles. The van der Waals surface area contributed by atoms with Gasteiger partial charge < -0.3 is 11.1 Å². The van der Waals surface area contributed by atoms with Crippen LogP contribution in [-0.2, 0) is 6.18 Å². The first kappa shape index (κ1) is 15.6. The van der Waals surface area contributed by atoms with Gasteiger partial charge in [-0.3, -0.25) is 4.79 Å². The van der Waals surface area contributed by atoms with Gasteiger partial charge in [-0.15, -0.1) is 0 Å². The number of carbonyl (C=O) groups is 1. The summed E-state index contributed by atoms with van der Waals surface area (Å²) in [5.74, 6) is -0.608. The summed E-state index contributed by atoms with van der Waals surface area (Å²) < 4.78 is 39.6. The summed E-state index contributed by atoms with van der Waals surface area (Å²) >= 11 is 2.02. The van der Waals surface area contributed by atoms with Crippen molar-refractivity contribution < 1.29 is 18.0 Å². The second-order valence-corrected chi connectivity index (χ2v) is 5.51. The number of nitrogens with two attached hydrogens (primary N) is 1. The van der Waals surface area contributed by atoms with E-state index in [1.54, 1.807) is 18.2 Å². The van der Waals surface area contributed by atoms with Gasteiger partial charge in [0.05, 0.1) is 11.3 Å². The molecular formula is C14H10F3IN2O. The monoisotopic (exact) mass is 406 g/mol. The molecule has 7 heteroatoms. The molecule has 0 fully saturated rings. The maximum Gasteiger partial charge on any atom is 0.418 e. The van der Waals surface area contributed by atoms with E-state index in [1.807, 2.05) is 22.6 Å². The number of alkyl halides is 3. The van der Waals surface area contributed by atoms with Crippen molar-refractivity contribution in [2.24, 2.45) is 0 Å². The number of hydrogen-bond donors (Lipinski definition) is 2. The maximum absolute atomic E-state index is 12.9. The predicted molar refractivity (Wildman–Crippen MR) is 83.0 cm³/mol. The number of hydrogen-bond acceptors (Lipinski definition) is 2. The van der Waals surface area contributed by atoms with E-state index in [0.717, 1.165) is 15.7 Å². The molecule has 3 N–H and O–H groups in total. The molecule has 0 saturated carbocycles. The van der Waals surface area contributed by atoms with Crippen molar-refractivity contribution in [3.8, 4) is 0 Å². The van der Waals surface area contributed by atoms with Crippen LogP contribution < -0.4 is 11.1 Å². The summed E-state index contributed by atoms with van der Waals surface area (Å²) in [5, 5.41) is 2.27. The SMILES string of the molecule is Nc1ccc(NC(=O)c2cccc(I)c2)c(C(F)(F)F)c1. The van der Waals surface area contributed by atoms with Crippen LogP contribution >= 0.6 is 22.6 Å². The van der Waals surface area contributed by atoms with Gasteiger partial charge >= 0.3 is 6.18 Å². The molecule has 3 nitrogen and oxygen atoms in total. The van der Waals surface area contributed by atoms with Gasteiger partial charge in [0.15, 0.2) is 0 Å². The number of amides is 1. The second kappa shape index (κ2) is 5.92. The van der Waals surface area contributed by atoms with Crippen LogP contribution in [0.1, 0.15) is 15.9 Å². The summed E-state index contributed by atoms with van der Waals surface area (Å²) in [6, 6.07) is 9.79. The summed E-state index contributed by atoms with van der Waals surface area (Å²) in [6.45, 7) is 0. The average molecular weight is 406 g/mol. The highest BCUT2D eigenvalue weighted by atomic mass is 127. The lowest BCUT2D eigenvalue weighted by Crippen LogP contribution is -2.17. The van der Waals surface area contributed by atoms with Crippen molar-refractivity contribution in [1.82, 2.24) is 0 Å². The zero-order chi connectivity index (χ0) is 15.6. The Balaban J connectivity index is 2.34. The fraction of sp³-hybridized carbons (Fsp3) is 0.0714. The van der Waals surface area contributed by atoms with Crippen molar-refractivity contribution in [2.45, 2.75) is 6.18 Å². The van der Waals surface area contributed by atoms with Gasteiger partial charge in [-0.25, -0.2) is 0 Å². The third-order valence-corrected chi connectivity index (χ3v) is 3.36. The lowest BCUT2D eigenvalue weighted by Gasteiger charge is -2.14. The first-order valence-electron chi connectivity index (χ1n) is 5.81. The number of nitrogens with one attached hydrogen (secondary N) is 1. The number of halogens is 4. The van der Waals surface area contributed by atoms with Crippen molar-refractivity contribution in [3.63, 3.8) is 0 Å². The first-order valence-corrected chi connectivity index (χ1v) is 6.89. The van der Waals surface area contributed by atoms with E-state index in [1.165, 1.54) is 12.1 Å². The van der Waals surface area contributed by atoms with Crippen LogP contribution in [0.4, 0.5) is 24.5 Å². The number of benzene rings is 2. The molecule has 2 rings (SSSR count). The third kappa shape index (κ3) is 3.87. The van der Waals surface area contributed by atoms with E-state index in [4.69, 9.17) is 5.73 Å². The molecule has 21 heavy (non-hydrogen) atoms. The van der Waals surface area contributed by atoms with Crippen LogP contribution in [0.3, 0.4) is 0 Å². The highest BCUT2D eigenvalue weighted by Crippen LogP contribution is 2.36. The molecule has 0 spiro atoms. The number of rotatable bonds is 2. The molecule has 0 atom stereocenters. The molecule has 0 saturated heterocycles. The maximum atomic E-state index is 12.9. The summed E-state index contributed by atoms with van der Waals surface area (Å²) in [7, 11) is 0. The van der Waals surface area contributed by atoms with Crippen LogP contribution in [0.25, 0.3) is 0 Å². The molecule has 0 heterocycles. The van der Waals surface area contributed by atoms with Crippen molar-refractivity contribution in [2.75, 3.05) is 11.1 Å². The Morgan fingerprint density at radius 1 is 1.14 bits per heavy atom. The molecule has 0 unspecified atom stereocenters. The van der Waals surface area contributed by atoms with Gasteiger partial charge in [0.2, 0.25) is 0 Å². The Morgan fingerprint density at radius 2 is 1.86 bits per heavy atom. The molecule has 0 aliphatic heterocycles. The largest absolute Gasteiger partial charge is 0.418 e. The third-order valence-electron chi connectivity index (χ3n) is 2.68. The highest BCUT2D eigenvalue weighted by Gasteiger charge is 2.34. The van der Waals surface area contributed by atoms with Crippen LogP contribution in [0.15, 0.2) is 42.5 Å². The predicted octanol–water partition coefficient (Wildman–Crippen LogP) is 4.14. The molecule has 2 aromatic rings. The molecular weight excluding hydrogens is 396 g/mol. The molecule has 0 aromatic heterocycles. The standard InChI is InChI=1S/C14H10F3IN2O/c15-14(16,17)11-7-10(19)4-5-12(11)20-13(21)8-2-1-3-9(18)6-8/h1-7H,19H2,(H,20,21). The Morgan fingerprint density at radius 3 is 2.48 bits per heavy atom. The van der Waals surface area contributed by atoms with Gasteiger partial charge in [-0.05, 0) is 59.0 Å². The van der Waals surface area contributed by atoms with Crippen LogP contribution in [0.2, 0.25) is 0 Å². The second-order valence-electron chi connectivity index (χ2n) is 4.27. The van der Waals surface area contributed by atoms with E-state index >= 15 is 0 Å². The molecule has 2 aromatic carbocycles. The van der Waals surface area contributed by atoms with Gasteiger partial charge in [-0.1, -0.05) is 6.07 Å². The van der Waals surface area contributed by atoms with Crippen LogP contribution in [0.5, 0.6) is 0 Å². The van der Waals surface area contributed by atoms with E-state index in [0.29, 0.717) is 0 Å². The Bertz CT molecular complexity index is 686. The molecule has 1 amide bonds. The van der Waals surface area contributed by atoms with Crippen molar-refractivity contribution >= 4 is 39.9 Å². The summed E-state index contributed by atoms with van der Waals surface area (Å²) in [6.07, 6.45) is -4.59. The molecule has 0 radical (unpaired) electrons. The smallest absolute Gasteiger partial charge is 0.399 e. The van der Waals surface area contributed by atoms with Crippen LogP contribution in [0, 0.1) is 3.57 Å². The fourth-order valence-electron chi connectivity index (χ4n) is 1.73. The van der Waals surface area contributed by atoms with Gasteiger partial charge in [0.25, 0.3) is 5.91 Å². The fourth-order valence-corrected chi connectivity index (χ4v) is 2.27. The first-order chi connectivity index (χ1) is 9.77. The quantitative estimate of drug-likeness (QED) is 0.582. The lowest BCUT2D eigenvalue weighted by molar-refractivity contribution is -0.136. The Labute approximate surface area is 132 Å².